The zero-order valence-corrected chi connectivity index (χ0v) is 13.0. The molecule has 0 aliphatic carbocycles. The van der Waals surface area contributed by atoms with Gasteiger partial charge in [0.25, 0.3) is 5.78 Å². The number of carbonyl (C=O) groups is 1. The van der Waals surface area contributed by atoms with E-state index in [4.69, 9.17) is 4.74 Å². The van der Waals surface area contributed by atoms with Crippen LogP contribution in [0.5, 0.6) is 0 Å². The van der Waals surface area contributed by atoms with Gasteiger partial charge < -0.3 is 10.1 Å². The summed E-state index contributed by atoms with van der Waals surface area (Å²) in [5.74, 6) is 0.778. The van der Waals surface area contributed by atoms with Crippen molar-refractivity contribution in [2.24, 2.45) is 0 Å². The van der Waals surface area contributed by atoms with Gasteiger partial charge in [0, 0.05) is 5.69 Å². The van der Waals surface area contributed by atoms with Crippen LogP contribution in [0.25, 0.3) is 16.8 Å². The third-order valence-corrected chi connectivity index (χ3v) is 3.61. The minimum atomic E-state index is -0.351. The van der Waals surface area contributed by atoms with Gasteiger partial charge in [-0.05, 0) is 37.3 Å². The molecule has 0 aliphatic heterocycles. The van der Waals surface area contributed by atoms with E-state index >= 15 is 0 Å². The maximum Gasteiger partial charge on any atom is 0.338 e. The topological polar surface area (TPSA) is 84.3 Å². The van der Waals surface area contributed by atoms with Crippen molar-refractivity contribution in [3.8, 4) is 0 Å². The molecule has 0 fully saturated rings. The monoisotopic (exact) mass is 321 g/mol. The first-order valence-electron chi connectivity index (χ1n) is 7.62. The second-order valence-electron chi connectivity index (χ2n) is 5.23. The fourth-order valence-corrected chi connectivity index (χ4v) is 2.54. The highest BCUT2D eigenvalue weighted by atomic mass is 16.5. The predicted molar refractivity (Wildman–Crippen MR) is 90.5 cm³/mol. The summed E-state index contributed by atoms with van der Waals surface area (Å²) in [6.45, 7) is 2.12. The van der Waals surface area contributed by atoms with Crippen LogP contribution in [-0.4, -0.2) is 32.2 Å². The van der Waals surface area contributed by atoms with E-state index in [1.165, 1.54) is 0 Å². The Hall–Kier alpha value is -3.35. The number of nitrogens with one attached hydrogen (secondary N) is 2. The number of para-hydroxylation sites is 1. The number of imidazole rings is 1. The minimum Gasteiger partial charge on any atom is -0.462 e. The Bertz CT molecular complexity index is 1020. The van der Waals surface area contributed by atoms with E-state index in [2.05, 4.69) is 20.4 Å². The van der Waals surface area contributed by atoms with Gasteiger partial charge >= 0.3 is 5.97 Å². The lowest BCUT2D eigenvalue weighted by molar-refractivity contribution is 0.0526. The number of carbonyl (C=O) groups excluding carboxylic acids is 1. The van der Waals surface area contributed by atoms with Crippen LogP contribution in [0.2, 0.25) is 0 Å². The number of rotatable bonds is 4. The summed E-state index contributed by atoms with van der Waals surface area (Å²) in [7, 11) is 0. The average molecular weight is 321 g/mol. The van der Waals surface area contributed by atoms with Crippen LogP contribution >= 0.6 is 0 Å². The molecule has 4 aromatic rings. The van der Waals surface area contributed by atoms with Crippen molar-refractivity contribution < 1.29 is 9.53 Å². The molecule has 0 aliphatic rings. The van der Waals surface area contributed by atoms with Crippen LogP contribution in [-0.2, 0) is 4.74 Å². The molecule has 24 heavy (non-hydrogen) atoms. The van der Waals surface area contributed by atoms with E-state index in [1.807, 2.05) is 36.4 Å². The standard InChI is InChI=1S/C17H15N5O2/c1-2-24-15(23)11-8-9-14-13(10-11)19-17-20-16(21-22(14)17)18-12-6-4-3-5-7-12/h3-10H,2H2,1H3,(H2,18,19,20,21). The van der Waals surface area contributed by atoms with Gasteiger partial charge in [0.15, 0.2) is 0 Å². The van der Waals surface area contributed by atoms with Crippen molar-refractivity contribution >= 4 is 34.4 Å². The highest BCUT2D eigenvalue weighted by Gasteiger charge is 2.13. The normalized spacial score (nSPS) is 11.0. The van der Waals surface area contributed by atoms with Crippen LogP contribution < -0.4 is 5.32 Å². The molecule has 0 spiro atoms. The summed E-state index contributed by atoms with van der Waals surface area (Å²) in [6.07, 6.45) is 0. The minimum absolute atomic E-state index is 0.344. The highest BCUT2D eigenvalue weighted by molar-refractivity contribution is 5.94. The molecule has 7 heteroatoms. The SMILES string of the molecule is CCOC(=O)c1ccc2c(c1)nc1nc(Nc3ccccc3)[nH]n12. The van der Waals surface area contributed by atoms with Crippen LogP contribution in [0, 0.1) is 0 Å². The first-order valence-corrected chi connectivity index (χ1v) is 7.62. The fourth-order valence-electron chi connectivity index (χ4n) is 2.54. The Balaban J connectivity index is 1.70. The number of aromatic amines is 1. The van der Waals surface area contributed by atoms with E-state index < -0.39 is 0 Å². The molecule has 2 aromatic heterocycles. The van der Waals surface area contributed by atoms with Crippen molar-refractivity contribution in [3.05, 3.63) is 54.1 Å². The van der Waals surface area contributed by atoms with Gasteiger partial charge in [0.05, 0.1) is 23.2 Å². The van der Waals surface area contributed by atoms with Crippen LogP contribution in [0.15, 0.2) is 48.5 Å². The number of hydrogen-bond donors (Lipinski definition) is 2. The van der Waals surface area contributed by atoms with E-state index in [9.17, 15) is 4.79 Å². The van der Waals surface area contributed by atoms with E-state index in [0.29, 0.717) is 29.4 Å². The van der Waals surface area contributed by atoms with Gasteiger partial charge in [-0.15, -0.1) is 0 Å². The summed E-state index contributed by atoms with van der Waals surface area (Å²) in [5, 5.41) is 6.35. The number of aromatic nitrogens is 4. The number of nitrogens with zero attached hydrogens (tertiary/aromatic N) is 3. The molecule has 0 amide bonds. The van der Waals surface area contributed by atoms with Gasteiger partial charge in [0.1, 0.15) is 0 Å². The smallest absolute Gasteiger partial charge is 0.338 e. The molecule has 4 rings (SSSR count). The van der Waals surface area contributed by atoms with Crippen LogP contribution in [0.1, 0.15) is 17.3 Å². The van der Waals surface area contributed by atoms with E-state index in [0.717, 1.165) is 11.2 Å². The molecule has 2 N–H and O–H groups in total. The average Bonchev–Trinajstić information content (AvgIpc) is 3.12. The number of ether oxygens (including phenoxy) is 1. The fraction of sp³-hybridized carbons (Fsp3) is 0.118. The molecule has 120 valence electrons. The number of H-pyrrole nitrogens is 1. The summed E-state index contributed by atoms with van der Waals surface area (Å²) >= 11 is 0. The molecule has 0 unspecified atom stereocenters. The van der Waals surface area contributed by atoms with Crippen molar-refractivity contribution in [1.29, 1.82) is 0 Å². The molecule has 0 saturated heterocycles. The molecule has 2 aromatic carbocycles. The predicted octanol–water partition coefficient (Wildman–Crippen LogP) is 3.13. The maximum absolute atomic E-state index is 11.8. The molecule has 7 nitrogen and oxygen atoms in total. The molecule has 0 atom stereocenters. The number of hydrogen-bond acceptors (Lipinski definition) is 5. The Morgan fingerprint density at radius 3 is 2.83 bits per heavy atom. The summed E-state index contributed by atoms with van der Waals surface area (Å²) in [4.78, 5) is 20.7. The van der Waals surface area contributed by atoms with E-state index in [1.54, 1.807) is 23.6 Å². The van der Waals surface area contributed by atoms with Crippen molar-refractivity contribution in [1.82, 2.24) is 19.6 Å². The van der Waals surface area contributed by atoms with E-state index in [-0.39, 0.29) is 5.97 Å². The molecule has 2 heterocycles. The van der Waals surface area contributed by atoms with Crippen molar-refractivity contribution in [2.45, 2.75) is 6.92 Å². The van der Waals surface area contributed by atoms with Crippen molar-refractivity contribution in [2.75, 3.05) is 11.9 Å². The zero-order valence-electron chi connectivity index (χ0n) is 13.0. The Kier molecular flexibility index (Phi) is 3.38. The summed E-state index contributed by atoms with van der Waals surface area (Å²) in [6, 6.07) is 15.0. The second-order valence-corrected chi connectivity index (χ2v) is 5.23. The van der Waals surface area contributed by atoms with Gasteiger partial charge in [-0.3, -0.25) is 5.10 Å². The van der Waals surface area contributed by atoms with Crippen LogP contribution in [0.3, 0.4) is 0 Å². The Morgan fingerprint density at radius 1 is 1.21 bits per heavy atom. The highest BCUT2D eigenvalue weighted by Crippen LogP contribution is 2.20. The zero-order chi connectivity index (χ0) is 16.5. The number of fused-ring (bicyclic) bond motifs is 3. The van der Waals surface area contributed by atoms with Gasteiger partial charge in [-0.2, -0.15) is 4.98 Å². The third-order valence-electron chi connectivity index (χ3n) is 3.61. The lowest BCUT2D eigenvalue weighted by atomic mass is 10.2. The Morgan fingerprint density at radius 2 is 2.04 bits per heavy atom. The molecule has 0 bridgehead atoms. The molecular weight excluding hydrogens is 306 g/mol. The van der Waals surface area contributed by atoms with Gasteiger partial charge in [-0.25, -0.2) is 14.3 Å². The summed E-state index contributed by atoms with van der Waals surface area (Å²) in [5.41, 5.74) is 2.94. The molecular formula is C17H15N5O2. The van der Waals surface area contributed by atoms with Crippen LogP contribution in [0.4, 0.5) is 11.6 Å². The largest absolute Gasteiger partial charge is 0.462 e. The number of benzene rings is 2. The third kappa shape index (κ3) is 2.45. The quantitative estimate of drug-likeness (QED) is 0.564. The molecule has 0 radical (unpaired) electrons. The number of anilines is 2. The van der Waals surface area contributed by atoms with Gasteiger partial charge in [-0.1, -0.05) is 18.2 Å². The molecule has 0 saturated carbocycles. The lowest BCUT2D eigenvalue weighted by Crippen LogP contribution is -2.04. The second kappa shape index (κ2) is 5.69. The Labute approximate surface area is 137 Å². The first kappa shape index (κ1) is 14.3. The first-order chi connectivity index (χ1) is 11.7. The number of esters is 1. The van der Waals surface area contributed by atoms with Gasteiger partial charge in [0.2, 0.25) is 5.95 Å². The summed E-state index contributed by atoms with van der Waals surface area (Å²) < 4.78 is 6.78. The lowest BCUT2D eigenvalue weighted by Gasteiger charge is -2.02. The van der Waals surface area contributed by atoms with Crippen molar-refractivity contribution in [3.63, 3.8) is 0 Å². The maximum atomic E-state index is 11.8.